The summed E-state index contributed by atoms with van der Waals surface area (Å²) in [4.78, 5) is 13.4. The Morgan fingerprint density at radius 2 is 1.76 bits per heavy atom. The van der Waals surface area contributed by atoms with Gasteiger partial charge >= 0.3 is 0 Å². The van der Waals surface area contributed by atoms with E-state index in [0.717, 1.165) is 30.4 Å². The van der Waals surface area contributed by atoms with Gasteiger partial charge in [0, 0.05) is 23.9 Å². The van der Waals surface area contributed by atoms with Crippen molar-refractivity contribution < 1.29 is 17.2 Å². The zero-order valence-electron chi connectivity index (χ0n) is 23.7. The molecule has 0 saturated heterocycles. The minimum Gasteiger partial charge on any atom is -0.229 e. The number of hydrogen-bond donors (Lipinski definition) is 0. The van der Waals surface area contributed by atoms with Crippen LogP contribution in [-0.2, 0) is 21.7 Å². The highest BCUT2D eigenvalue weighted by molar-refractivity contribution is 7.90. The molecule has 1 aromatic carbocycles. The summed E-state index contributed by atoms with van der Waals surface area (Å²) < 4.78 is 54.1. The Hall–Kier alpha value is -3.38. The maximum atomic E-state index is 14.8. The maximum absolute atomic E-state index is 14.8. The summed E-state index contributed by atoms with van der Waals surface area (Å²) in [5.74, 6) is -1.13. The first-order valence-electron chi connectivity index (χ1n) is 13.2. The molecular weight excluding hydrogens is 572 g/mol. The van der Waals surface area contributed by atoms with Crippen molar-refractivity contribution in [2.45, 2.75) is 58.8 Å². The van der Waals surface area contributed by atoms with Crippen molar-refractivity contribution in [3.8, 4) is 17.2 Å². The van der Waals surface area contributed by atoms with Gasteiger partial charge in [0.2, 0.25) is 0 Å². The predicted octanol–water partition coefficient (Wildman–Crippen LogP) is 5.51. The van der Waals surface area contributed by atoms with Crippen LogP contribution in [0.2, 0.25) is 5.02 Å². The Bertz CT molecular complexity index is 1660. The van der Waals surface area contributed by atoms with E-state index in [0.29, 0.717) is 17.2 Å². The van der Waals surface area contributed by atoms with Gasteiger partial charge in [-0.05, 0) is 55.0 Å². The standard InChI is InChI=1S/C28H32ClF2N7O2S/c1-7-17(4)19-14-22(25-20(30)12-18(29)13-21(25)31)35-36-26(19)28(5,16(2)3)23-8-10-32-27(34-23)38-15-33-24(37-38)9-11-41(6,39)40/h8,10,12-17H,7,9,11H2,1-6H3/t17-,28-/m0/s1. The third-order valence-electron chi connectivity index (χ3n) is 7.49. The Balaban J connectivity index is 1.82. The lowest BCUT2D eigenvalue weighted by atomic mass is 9.70. The molecule has 0 fully saturated rings. The van der Waals surface area contributed by atoms with E-state index in [4.69, 9.17) is 16.6 Å². The highest BCUT2D eigenvalue weighted by Gasteiger charge is 2.39. The topological polar surface area (TPSA) is 116 Å². The maximum Gasteiger partial charge on any atom is 0.252 e. The van der Waals surface area contributed by atoms with Gasteiger partial charge < -0.3 is 0 Å². The fourth-order valence-corrected chi connectivity index (χ4v) is 5.28. The average Bonchev–Trinajstić information content (AvgIpc) is 3.39. The number of aryl methyl sites for hydroxylation is 1. The van der Waals surface area contributed by atoms with Crippen LogP contribution in [0.25, 0.3) is 17.2 Å². The molecule has 9 nitrogen and oxygen atoms in total. The number of hydrogen-bond acceptors (Lipinski definition) is 8. The minimum absolute atomic E-state index is 0.00947. The largest absolute Gasteiger partial charge is 0.252 e. The average molecular weight is 604 g/mol. The van der Waals surface area contributed by atoms with Crippen molar-refractivity contribution in [1.82, 2.24) is 34.9 Å². The third kappa shape index (κ3) is 6.43. The van der Waals surface area contributed by atoms with Crippen LogP contribution in [0.1, 0.15) is 69.7 Å². The molecule has 3 heterocycles. The number of rotatable bonds is 10. The molecule has 2 atom stereocenters. The third-order valence-corrected chi connectivity index (χ3v) is 8.66. The van der Waals surface area contributed by atoms with Gasteiger partial charge in [0.05, 0.1) is 33.8 Å². The van der Waals surface area contributed by atoms with Crippen LogP contribution < -0.4 is 0 Å². The fourth-order valence-electron chi connectivity index (χ4n) is 4.54. The molecule has 0 amide bonds. The monoisotopic (exact) mass is 603 g/mol. The van der Waals surface area contributed by atoms with Crippen molar-refractivity contribution in [2.24, 2.45) is 5.92 Å². The summed E-state index contributed by atoms with van der Waals surface area (Å²) in [6, 6.07) is 5.59. The lowest BCUT2D eigenvalue weighted by molar-refractivity contribution is 0.375. The molecule has 0 unspecified atom stereocenters. The SMILES string of the molecule is CC[C@H](C)c1cc(-c2c(F)cc(Cl)cc2F)nnc1[C@](C)(c1ccnc(-n2cnc(CCS(C)(=O)=O)n2)n1)C(C)C. The molecule has 13 heteroatoms. The van der Waals surface area contributed by atoms with E-state index in [1.807, 2.05) is 34.6 Å². The fraction of sp³-hybridized carbons (Fsp3) is 0.429. The summed E-state index contributed by atoms with van der Waals surface area (Å²) >= 11 is 5.83. The quantitative estimate of drug-likeness (QED) is 0.233. The molecule has 4 rings (SSSR count). The summed E-state index contributed by atoms with van der Waals surface area (Å²) in [5.41, 5.74) is 1.09. The normalized spacial score (nSPS) is 14.3. The van der Waals surface area contributed by atoms with Gasteiger partial charge in [0.1, 0.15) is 27.8 Å². The highest BCUT2D eigenvalue weighted by Crippen LogP contribution is 2.42. The second-order valence-corrected chi connectivity index (χ2v) is 13.4. The number of benzene rings is 1. The van der Waals surface area contributed by atoms with Crippen molar-refractivity contribution in [1.29, 1.82) is 0 Å². The Kier molecular flexibility index (Phi) is 8.84. The lowest BCUT2D eigenvalue weighted by Gasteiger charge is -2.35. The molecule has 0 spiro atoms. The minimum atomic E-state index is -3.17. The first-order chi connectivity index (χ1) is 19.2. The molecule has 0 aliphatic carbocycles. The van der Waals surface area contributed by atoms with E-state index in [2.05, 4.69) is 25.3 Å². The smallest absolute Gasteiger partial charge is 0.229 e. The van der Waals surface area contributed by atoms with Gasteiger partial charge in [-0.2, -0.15) is 9.78 Å². The summed E-state index contributed by atoms with van der Waals surface area (Å²) in [7, 11) is -3.17. The van der Waals surface area contributed by atoms with E-state index in [1.54, 1.807) is 18.3 Å². The second-order valence-electron chi connectivity index (χ2n) is 10.7. The molecule has 0 N–H and O–H groups in total. The predicted molar refractivity (Wildman–Crippen MR) is 153 cm³/mol. The summed E-state index contributed by atoms with van der Waals surface area (Å²) in [6.45, 7) is 10.1. The Labute approximate surface area is 243 Å². The van der Waals surface area contributed by atoms with Gasteiger partial charge in [-0.15, -0.1) is 10.2 Å². The summed E-state index contributed by atoms with van der Waals surface area (Å²) in [6.07, 6.45) is 5.14. The second kappa shape index (κ2) is 11.8. The molecule has 41 heavy (non-hydrogen) atoms. The highest BCUT2D eigenvalue weighted by atomic mass is 35.5. The Morgan fingerprint density at radius 1 is 1.07 bits per heavy atom. The van der Waals surface area contributed by atoms with E-state index in [1.165, 1.54) is 11.0 Å². The number of aromatic nitrogens is 7. The van der Waals surface area contributed by atoms with Gasteiger partial charge in [-0.1, -0.05) is 39.3 Å². The number of halogens is 3. The number of sulfone groups is 1. The van der Waals surface area contributed by atoms with Crippen LogP contribution in [0.15, 0.2) is 36.8 Å². The van der Waals surface area contributed by atoms with Gasteiger partial charge in [0.15, 0.2) is 5.82 Å². The first-order valence-corrected chi connectivity index (χ1v) is 15.6. The molecule has 0 saturated carbocycles. The van der Waals surface area contributed by atoms with Crippen LogP contribution in [0, 0.1) is 17.6 Å². The first kappa shape index (κ1) is 30.6. The zero-order valence-corrected chi connectivity index (χ0v) is 25.3. The molecule has 0 aliphatic rings. The van der Waals surface area contributed by atoms with Crippen LogP contribution in [0.3, 0.4) is 0 Å². The molecule has 0 radical (unpaired) electrons. The van der Waals surface area contributed by atoms with Crippen molar-refractivity contribution in [3.63, 3.8) is 0 Å². The Morgan fingerprint density at radius 3 is 2.37 bits per heavy atom. The summed E-state index contributed by atoms with van der Waals surface area (Å²) in [5, 5.41) is 13.2. The lowest BCUT2D eigenvalue weighted by Crippen LogP contribution is -2.35. The van der Waals surface area contributed by atoms with Gasteiger partial charge in [0.25, 0.3) is 5.95 Å². The molecule has 0 bridgehead atoms. The van der Waals surface area contributed by atoms with Crippen LogP contribution in [0.4, 0.5) is 8.78 Å². The van der Waals surface area contributed by atoms with Crippen molar-refractivity contribution in [2.75, 3.05) is 12.0 Å². The molecule has 4 aromatic rings. The van der Waals surface area contributed by atoms with Crippen molar-refractivity contribution in [3.05, 3.63) is 76.2 Å². The van der Waals surface area contributed by atoms with Gasteiger partial charge in [-0.3, -0.25) is 0 Å². The number of nitrogens with zero attached hydrogens (tertiary/aromatic N) is 7. The van der Waals surface area contributed by atoms with Crippen LogP contribution >= 0.6 is 11.6 Å². The van der Waals surface area contributed by atoms with E-state index in [-0.39, 0.29) is 46.2 Å². The van der Waals surface area contributed by atoms with Crippen molar-refractivity contribution >= 4 is 21.4 Å². The molecule has 218 valence electrons. The molecule has 0 aliphatic heterocycles. The van der Waals surface area contributed by atoms with Gasteiger partial charge in [-0.25, -0.2) is 32.2 Å². The van der Waals surface area contributed by atoms with E-state index >= 15 is 0 Å². The van der Waals surface area contributed by atoms with Crippen LogP contribution in [0.5, 0.6) is 0 Å². The van der Waals surface area contributed by atoms with E-state index < -0.39 is 26.9 Å². The van der Waals surface area contributed by atoms with Crippen LogP contribution in [-0.4, -0.2) is 55.4 Å². The molecule has 3 aromatic heterocycles. The molecular formula is C28H32ClF2N7O2S. The zero-order chi connectivity index (χ0) is 30.1. The van der Waals surface area contributed by atoms with E-state index in [9.17, 15) is 17.2 Å².